The van der Waals surface area contributed by atoms with Crippen LogP contribution in [0.3, 0.4) is 0 Å². The lowest BCUT2D eigenvalue weighted by Gasteiger charge is -2.34. The topological polar surface area (TPSA) is 69.7 Å². The van der Waals surface area contributed by atoms with Crippen LogP contribution in [-0.2, 0) is 27.7 Å². The maximum atomic E-state index is 13.1. The van der Waals surface area contributed by atoms with Gasteiger partial charge >= 0.3 is 0 Å². The highest BCUT2D eigenvalue weighted by atomic mass is 32.2. The van der Waals surface area contributed by atoms with Crippen LogP contribution in [0.4, 0.5) is 0 Å². The Morgan fingerprint density at radius 1 is 1.00 bits per heavy atom. The largest absolute Gasteiger partial charge is 0.355 e. The quantitative estimate of drug-likeness (QED) is 0.728. The number of sulfonamides is 1. The van der Waals surface area contributed by atoms with Gasteiger partial charge < -0.3 is 5.32 Å². The lowest BCUT2D eigenvalue weighted by Crippen LogP contribution is -2.46. The molecule has 1 unspecified atom stereocenters. The number of likely N-dealkylation sites (tertiary alicyclic amines) is 1. The van der Waals surface area contributed by atoms with Crippen LogP contribution in [0.25, 0.3) is 0 Å². The average Bonchev–Trinajstić information content (AvgIpc) is 2.80. The molecule has 1 aliphatic carbocycles. The van der Waals surface area contributed by atoms with Crippen LogP contribution in [-0.4, -0.2) is 62.3 Å². The van der Waals surface area contributed by atoms with E-state index in [1.165, 1.54) is 36.8 Å². The minimum Gasteiger partial charge on any atom is -0.355 e. The van der Waals surface area contributed by atoms with Crippen LogP contribution in [0, 0.1) is 5.92 Å². The molecule has 2 saturated heterocycles. The van der Waals surface area contributed by atoms with E-state index in [0.29, 0.717) is 43.4 Å². The van der Waals surface area contributed by atoms with Crippen molar-refractivity contribution in [2.24, 2.45) is 5.92 Å². The van der Waals surface area contributed by atoms with Gasteiger partial charge in [-0.05, 0) is 88.1 Å². The Balaban J connectivity index is 1.27. The van der Waals surface area contributed by atoms with Gasteiger partial charge in [-0.1, -0.05) is 12.5 Å². The number of benzene rings is 1. The number of rotatable bonds is 6. The second-order valence-corrected chi connectivity index (χ2v) is 11.4. The van der Waals surface area contributed by atoms with Crippen LogP contribution in [0.15, 0.2) is 23.1 Å². The normalized spacial score (nSPS) is 24.0. The molecular formula is C24H37N3O3S. The number of aryl methyl sites for hydroxylation is 2. The number of hydrogen-bond donors (Lipinski definition) is 1. The monoisotopic (exact) mass is 447 g/mol. The number of carbonyl (C=O) groups is 1. The Morgan fingerprint density at radius 3 is 2.48 bits per heavy atom. The third-order valence-corrected chi connectivity index (χ3v) is 9.32. The van der Waals surface area contributed by atoms with E-state index in [-0.39, 0.29) is 11.8 Å². The maximum absolute atomic E-state index is 13.1. The molecule has 31 heavy (non-hydrogen) atoms. The first-order valence-electron chi connectivity index (χ1n) is 12.1. The summed E-state index contributed by atoms with van der Waals surface area (Å²) in [7, 11) is -3.49. The minimum absolute atomic E-state index is 0.0792. The summed E-state index contributed by atoms with van der Waals surface area (Å²) < 4.78 is 27.9. The first-order valence-corrected chi connectivity index (χ1v) is 13.5. The lowest BCUT2D eigenvalue weighted by atomic mass is 9.92. The number of piperidine rings is 2. The highest BCUT2D eigenvalue weighted by Gasteiger charge is 2.32. The molecule has 1 aromatic carbocycles. The van der Waals surface area contributed by atoms with E-state index in [0.717, 1.165) is 32.4 Å². The van der Waals surface area contributed by atoms with Crippen LogP contribution in [0.1, 0.15) is 63.0 Å². The molecule has 172 valence electrons. The Bertz CT molecular complexity index is 878. The van der Waals surface area contributed by atoms with Gasteiger partial charge in [0.05, 0.1) is 4.90 Å². The fourth-order valence-corrected chi connectivity index (χ4v) is 6.86. The van der Waals surface area contributed by atoms with Crippen molar-refractivity contribution in [3.8, 4) is 0 Å². The van der Waals surface area contributed by atoms with Gasteiger partial charge in [0, 0.05) is 38.1 Å². The van der Waals surface area contributed by atoms with Gasteiger partial charge in [0.25, 0.3) is 0 Å². The van der Waals surface area contributed by atoms with Gasteiger partial charge in [-0.3, -0.25) is 9.69 Å². The molecule has 6 nitrogen and oxygen atoms in total. The van der Waals surface area contributed by atoms with E-state index in [4.69, 9.17) is 0 Å². The summed E-state index contributed by atoms with van der Waals surface area (Å²) >= 11 is 0. The van der Waals surface area contributed by atoms with Crippen LogP contribution in [0.2, 0.25) is 0 Å². The number of nitrogens with zero attached hydrogens (tertiary/aromatic N) is 2. The van der Waals surface area contributed by atoms with Crippen molar-refractivity contribution in [3.05, 3.63) is 29.3 Å². The molecule has 1 N–H and O–H groups in total. The summed E-state index contributed by atoms with van der Waals surface area (Å²) in [6, 6.07) is 6.23. The zero-order valence-electron chi connectivity index (χ0n) is 18.8. The fourth-order valence-electron chi connectivity index (χ4n) is 5.33. The van der Waals surface area contributed by atoms with Gasteiger partial charge in [0.2, 0.25) is 15.9 Å². The second-order valence-electron chi connectivity index (χ2n) is 9.49. The lowest BCUT2D eigenvalue weighted by molar-refractivity contribution is -0.126. The van der Waals surface area contributed by atoms with Crippen molar-refractivity contribution >= 4 is 15.9 Å². The van der Waals surface area contributed by atoms with Gasteiger partial charge in [-0.25, -0.2) is 8.42 Å². The van der Waals surface area contributed by atoms with Crippen molar-refractivity contribution in [1.29, 1.82) is 0 Å². The fraction of sp³-hybridized carbons (Fsp3) is 0.708. The molecule has 0 radical (unpaired) electrons. The summed E-state index contributed by atoms with van der Waals surface area (Å²) in [6.45, 7) is 5.80. The number of amides is 1. The smallest absolute Gasteiger partial charge is 0.243 e. The molecule has 7 heteroatoms. The van der Waals surface area contributed by atoms with E-state index in [1.807, 2.05) is 12.1 Å². The molecular weight excluding hydrogens is 410 g/mol. The molecule has 1 atom stereocenters. The minimum atomic E-state index is -3.49. The zero-order valence-corrected chi connectivity index (χ0v) is 19.6. The average molecular weight is 448 g/mol. The van der Waals surface area contributed by atoms with Crippen molar-refractivity contribution in [2.75, 3.05) is 32.7 Å². The first kappa shape index (κ1) is 22.7. The molecule has 2 aliphatic heterocycles. The Labute approximate surface area is 187 Å². The highest BCUT2D eigenvalue weighted by Crippen LogP contribution is 2.28. The number of fused-ring (bicyclic) bond motifs is 1. The van der Waals surface area contributed by atoms with Crippen LogP contribution >= 0.6 is 0 Å². The van der Waals surface area contributed by atoms with Gasteiger partial charge in [0.15, 0.2) is 0 Å². The number of hydrogen-bond acceptors (Lipinski definition) is 4. The molecule has 2 heterocycles. The van der Waals surface area contributed by atoms with Gasteiger partial charge in [0.1, 0.15) is 0 Å². The summed E-state index contributed by atoms with van der Waals surface area (Å²) in [5.41, 5.74) is 2.48. The Hall–Kier alpha value is -1.44. The molecule has 0 spiro atoms. The molecule has 0 bridgehead atoms. The van der Waals surface area contributed by atoms with Gasteiger partial charge in [-0.2, -0.15) is 4.31 Å². The van der Waals surface area contributed by atoms with E-state index in [9.17, 15) is 13.2 Å². The molecule has 0 saturated carbocycles. The summed E-state index contributed by atoms with van der Waals surface area (Å²) in [6.07, 6.45) is 9.31. The predicted octanol–water partition coefficient (Wildman–Crippen LogP) is 2.96. The summed E-state index contributed by atoms with van der Waals surface area (Å²) in [5.74, 6) is -0.00995. The van der Waals surface area contributed by atoms with Crippen molar-refractivity contribution in [2.45, 2.75) is 75.6 Å². The zero-order chi connectivity index (χ0) is 21.8. The van der Waals surface area contributed by atoms with E-state index >= 15 is 0 Å². The Morgan fingerprint density at radius 2 is 1.74 bits per heavy atom. The summed E-state index contributed by atoms with van der Waals surface area (Å²) in [4.78, 5) is 15.5. The standard InChI is InChI=1S/C24H37N3O3S/c1-19-6-4-5-14-26(19)17-13-25-24(28)21-11-15-27(16-12-21)31(29,30)23-10-9-20-7-2-3-8-22(20)18-23/h9-10,18-19,21H,2-8,11-17H2,1H3,(H,25,28). The number of nitrogens with one attached hydrogen (secondary N) is 1. The molecule has 2 fully saturated rings. The Kier molecular flexibility index (Phi) is 7.34. The molecule has 1 aromatic rings. The van der Waals surface area contributed by atoms with Crippen molar-refractivity contribution < 1.29 is 13.2 Å². The van der Waals surface area contributed by atoms with Gasteiger partial charge in [-0.15, -0.1) is 0 Å². The molecule has 3 aliphatic rings. The summed E-state index contributed by atoms with van der Waals surface area (Å²) in [5, 5.41) is 3.09. The second kappa shape index (κ2) is 10.0. The maximum Gasteiger partial charge on any atom is 0.243 e. The third-order valence-electron chi connectivity index (χ3n) is 7.42. The SMILES string of the molecule is CC1CCCCN1CCNC(=O)C1CCN(S(=O)(=O)c2ccc3c(c2)CCCC3)CC1. The first-order chi connectivity index (χ1) is 14.9. The predicted molar refractivity (Wildman–Crippen MR) is 122 cm³/mol. The number of carbonyl (C=O) groups excluding carboxylic acids is 1. The van der Waals surface area contributed by atoms with E-state index < -0.39 is 10.0 Å². The van der Waals surface area contributed by atoms with E-state index in [2.05, 4.69) is 17.1 Å². The molecule has 4 rings (SSSR count). The van der Waals surface area contributed by atoms with Crippen LogP contribution in [0.5, 0.6) is 0 Å². The van der Waals surface area contributed by atoms with Crippen molar-refractivity contribution in [1.82, 2.24) is 14.5 Å². The third kappa shape index (κ3) is 5.32. The highest BCUT2D eigenvalue weighted by molar-refractivity contribution is 7.89. The van der Waals surface area contributed by atoms with Crippen molar-refractivity contribution in [3.63, 3.8) is 0 Å². The van der Waals surface area contributed by atoms with Crippen LogP contribution < -0.4 is 5.32 Å². The van der Waals surface area contributed by atoms with E-state index in [1.54, 1.807) is 10.4 Å². The molecule has 0 aromatic heterocycles. The molecule has 1 amide bonds.